The van der Waals surface area contributed by atoms with Gasteiger partial charge < -0.3 is 4.90 Å². The summed E-state index contributed by atoms with van der Waals surface area (Å²) in [5, 5.41) is 0. The second-order valence-corrected chi connectivity index (χ2v) is 9.02. The molecule has 1 aromatic rings. The Morgan fingerprint density at radius 2 is 1.71 bits per heavy atom. The highest BCUT2D eigenvalue weighted by molar-refractivity contribution is 5.44. The van der Waals surface area contributed by atoms with E-state index in [1.807, 2.05) is 51.3 Å². The summed E-state index contributed by atoms with van der Waals surface area (Å²) in [5.74, 6) is 0.873. The van der Waals surface area contributed by atoms with Crippen LogP contribution < -0.4 is 0 Å². The molecule has 0 amide bonds. The second kappa shape index (κ2) is 20.7. The van der Waals surface area contributed by atoms with E-state index < -0.39 is 0 Å². The zero-order valence-corrected chi connectivity index (χ0v) is 24.2. The van der Waals surface area contributed by atoms with Crippen molar-refractivity contribution < 1.29 is 4.39 Å². The Hall–Kier alpha value is -2.61. The number of halogens is 1. The molecule has 0 aromatic heterocycles. The van der Waals surface area contributed by atoms with Gasteiger partial charge in [-0.2, -0.15) is 0 Å². The van der Waals surface area contributed by atoms with Gasteiger partial charge in [0.15, 0.2) is 0 Å². The monoisotopic (exact) mass is 481 g/mol. The molecular formula is C33H52FN. The van der Waals surface area contributed by atoms with Crippen LogP contribution in [-0.4, -0.2) is 4.90 Å². The molecule has 2 rings (SSSR count). The van der Waals surface area contributed by atoms with E-state index in [0.29, 0.717) is 0 Å². The average molecular weight is 482 g/mol. The fourth-order valence-electron chi connectivity index (χ4n) is 3.17. The molecule has 1 unspecified atom stereocenters. The standard InChI is InChI=1S/C13H17N.C9H11F.C8H18.C3H6/c1-6-13-8-7-9-14(12(13)5)11(4)10(2)3;1-3-8-7(2)5-4-6-9(8)10;1-4-6-7-8(3)5-2;1-3-2/h6-9H,1,5H2,2-4H3;4-6H,3H2,1-2H3;8H,4-7H2,1-3H3;3H,1H2,2H3. The Balaban J connectivity index is 0. The van der Waals surface area contributed by atoms with Gasteiger partial charge in [-0.05, 0) is 75.8 Å². The minimum Gasteiger partial charge on any atom is -0.321 e. The van der Waals surface area contributed by atoms with Crippen molar-refractivity contribution in [1.82, 2.24) is 4.90 Å². The van der Waals surface area contributed by atoms with Gasteiger partial charge in [0.05, 0.1) is 0 Å². The first-order valence-electron chi connectivity index (χ1n) is 13.0. The molecule has 2 heteroatoms. The number of benzene rings is 1. The lowest BCUT2D eigenvalue weighted by atomic mass is 10.0. The van der Waals surface area contributed by atoms with Crippen LogP contribution in [0.15, 0.2) is 91.0 Å². The zero-order valence-electron chi connectivity index (χ0n) is 24.2. The molecule has 0 saturated heterocycles. The first kappa shape index (κ1) is 34.6. The van der Waals surface area contributed by atoms with Crippen LogP contribution in [0.1, 0.15) is 92.2 Å². The average Bonchev–Trinajstić information content (AvgIpc) is 2.83. The number of allylic oxidation sites excluding steroid dienone is 6. The number of rotatable bonds is 7. The Morgan fingerprint density at radius 1 is 1.11 bits per heavy atom. The number of nitrogens with zero attached hydrogens (tertiary/aromatic N) is 1. The Bertz CT molecular complexity index is 830. The third kappa shape index (κ3) is 14.4. The highest BCUT2D eigenvalue weighted by Crippen LogP contribution is 2.25. The quantitative estimate of drug-likeness (QED) is 0.350. The predicted molar refractivity (Wildman–Crippen MR) is 158 cm³/mol. The molecule has 0 fully saturated rings. The lowest BCUT2D eigenvalue weighted by molar-refractivity contribution is 0.492. The largest absolute Gasteiger partial charge is 0.321 e. The van der Waals surface area contributed by atoms with Crippen LogP contribution in [0.4, 0.5) is 4.39 Å². The number of hydrogen-bond acceptors (Lipinski definition) is 1. The number of hydrogen-bond donors (Lipinski definition) is 0. The molecule has 1 heterocycles. The Morgan fingerprint density at radius 3 is 2.11 bits per heavy atom. The minimum absolute atomic E-state index is 0.0810. The summed E-state index contributed by atoms with van der Waals surface area (Å²) in [6.45, 7) is 30.1. The summed E-state index contributed by atoms with van der Waals surface area (Å²) >= 11 is 0. The van der Waals surface area contributed by atoms with Gasteiger partial charge in [0.25, 0.3) is 0 Å². The van der Waals surface area contributed by atoms with Gasteiger partial charge in [-0.15, -0.1) is 6.58 Å². The fourth-order valence-corrected chi connectivity index (χ4v) is 3.17. The van der Waals surface area contributed by atoms with E-state index in [1.54, 1.807) is 12.1 Å². The molecule has 1 atom stereocenters. The van der Waals surface area contributed by atoms with Crippen molar-refractivity contribution in [2.45, 2.75) is 94.4 Å². The van der Waals surface area contributed by atoms with E-state index in [2.05, 4.69) is 66.2 Å². The maximum absolute atomic E-state index is 12.9. The molecule has 0 saturated carbocycles. The SMILES string of the molecule is C=CC.C=CC1=CC=CN(C(C)=C(C)C)C1=C.CCCCC(C)CC.CCc1c(C)cccc1F. The van der Waals surface area contributed by atoms with Crippen molar-refractivity contribution >= 4 is 0 Å². The lowest BCUT2D eigenvalue weighted by Crippen LogP contribution is -2.17. The highest BCUT2D eigenvalue weighted by Gasteiger charge is 2.12. The first-order chi connectivity index (χ1) is 16.6. The van der Waals surface area contributed by atoms with E-state index in [1.165, 1.54) is 43.0 Å². The van der Waals surface area contributed by atoms with E-state index in [4.69, 9.17) is 0 Å². The van der Waals surface area contributed by atoms with Crippen LogP contribution in [0, 0.1) is 18.7 Å². The molecule has 1 nitrogen and oxygen atoms in total. The molecule has 35 heavy (non-hydrogen) atoms. The van der Waals surface area contributed by atoms with Crippen molar-refractivity contribution in [3.63, 3.8) is 0 Å². The zero-order chi connectivity index (χ0) is 27.4. The second-order valence-electron chi connectivity index (χ2n) is 9.02. The van der Waals surface area contributed by atoms with Crippen molar-refractivity contribution in [1.29, 1.82) is 0 Å². The van der Waals surface area contributed by atoms with Crippen LogP contribution in [-0.2, 0) is 6.42 Å². The maximum atomic E-state index is 12.9. The maximum Gasteiger partial charge on any atom is 0.126 e. The van der Waals surface area contributed by atoms with Gasteiger partial charge in [-0.1, -0.05) is 102 Å². The summed E-state index contributed by atoms with van der Waals surface area (Å²) < 4.78 is 12.9. The highest BCUT2D eigenvalue weighted by atomic mass is 19.1. The molecular weight excluding hydrogens is 429 g/mol. The summed E-state index contributed by atoms with van der Waals surface area (Å²) in [6, 6.07) is 5.18. The molecule has 0 aliphatic carbocycles. The van der Waals surface area contributed by atoms with Crippen molar-refractivity contribution in [2.24, 2.45) is 5.92 Å². The molecule has 1 aliphatic heterocycles. The van der Waals surface area contributed by atoms with E-state index >= 15 is 0 Å². The van der Waals surface area contributed by atoms with Gasteiger partial charge >= 0.3 is 0 Å². The van der Waals surface area contributed by atoms with Crippen LogP contribution in [0.2, 0.25) is 0 Å². The van der Waals surface area contributed by atoms with Crippen LogP contribution in [0.25, 0.3) is 0 Å². The molecule has 0 N–H and O–H groups in total. The van der Waals surface area contributed by atoms with Gasteiger partial charge in [-0.25, -0.2) is 4.39 Å². The molecule has 0 spiro atoms. The van der Waals surface area contributed by atoms with Gasteiger partial charge in [0.1, 0.15) is 5.82 Å². The van der Waals surface area contributed by atoms with E-state index in [-0.39, 0.29) is 5.82 Å². The molecule has 196 valence electrons. The minimum atomic E-state index is -0.0810. The third-order valence-corrected chi connectivity index (χ3v) is 5.89. The van der Waals surface area contributed by atoms with E-state index in [9.17, 15) is 4.39 Å². The third-order valence-electron chi connectivity index (χ3n) is 5.89. The van der Waals surface area contributed by atoms with Crippen LogP contribution >= 0.6 is 0 Å². The van der Waals surface area contributed by atoms with Crippen molar-refractivity contribution in [3.8, 4) is 0 Å². The summed E-state index contributed by atoms with van der Waals surface area (Å²) in [5.41, 5.74) is 6.46. The number of unbranched alkanes of at least 4 members (excludes halogenated alkanes) is 1. The summed E-state index contributed by atoms with van der Waals surface area (Å²) in [6.07, 6.45) is 15.9. The molecule has 1 aromatic carbocycles. The Labute approximate surface area is 217 Å². The van der Waals surface area contributed by atoms with Crippen LogP contribution in [0.5, 0.6) is 0 Å². The summed E-state index contributed by atoms with van der Waals surface area (Å²) in [7, 11) is 0. The lowest BCUT2D eigenvalue weighted by Gasteiger charge is -2.27. The Kier molecular flexibility index (Phi) is 20.5. The molecule has 0 bridgehead atoms. The fraction of sp³-hybridized carbons (Fsp3) is 0.455. The number of aryl methyl sites for hydroxylation is 1. The topological polar surface area (TPSA) is 3.24 Å². The predicted octanol–water partition coefficient (Wildman–Crippen LogP) is 10.9. The van der Waals surface area contributed by atoms with Crippen molar-refractivity contribution in [3.05, 3.63) is 108 Å². The normalized spacial score (nSPS) is 12.5. The molecule has 0 radical (unpaired) electrons. The van der Waals surface area contributed by atoms with Gasteiger partial charge in [0.2, 0.25) is 0 Å². The van der Waals surface area contributed by atoms with Gasteiger partial charge in [0, 0.05) is 17.6 Å². The first-order valence-corrected chi connectivity index (χ1v) is 13.0. The molecule has 1 aliphatic rings. The summed E-state index contributed by atoms with van der Waals surface area (Å²) in [4.78, 5) is 2.09. The van der Waals surface area contributed by atoms with E-state index in [0.717, 1.165) is 34.7 Å². The smallest absolute Gasteiger partial charge is 0.126 e. The van der Waals surface area contributed by atoms with Gasteiger partial charge in [-0.3, -0.25) is 0 Å². The van der Waals surface area contributed by atoms with Crippen LogP contribution in [0.3, 0.4) is 0 Å². The van der Waals surface area contributed by atoms with Crippen molar-refractivity contribution in [2.75, 3.05) is 0 Å².